The molecule has 0 radical (unpaired) electrons. The average molecular weight is 313 g/mol. The van der Waals surface area contributed by atoms with Crippen LogP contribution in [0.5, 0.6) is 0 Å². The molecular weight excluding hydrogens is 298 g/mol. The zero-order valence-electron chi connectivity index (χ0n) is 12.3. The number of piperazine rings is 1. The lowest BCUT2D eigenvalue weighted by molar-refractivity contribution is 0.0617. The first kappa shape index (κ1) is 13.8. The van der Waals surface area contributed by atoms with E-state index in [4.69, 9.17) is 9.26 Å². The van der Waals surface area contributed by atoms with Gasteiger partial charge in [-0.1, -0.05) is 35.5 Å². The van der Waals surface area contributed by atoms with E-state index in [2.05, 4.69) is 5.16 Å². The predicted molar refractivity (Wildman–Crippen MR) is 79.7 cm³/mol. The van der Waals surface area contributed by atoms with Crippen LogP contribution in [0, 0.1) is 0 Å². The van der Waals surface area contributed by atoms with Crippen LogP contribution in [0.1, 0.15) is 10.4 Å². The van der Waals surface area contributed by atoms with Crippen LogP contribution in [0.25, 0.3) is 11.3 Å². The van der Waals surface area contributed by atoms with Gasteiger partial charge in [0.2, 0.25) is 0 Å². The number of nitrogens with zero attached hydrogens (tertiary/aromatic N) is 3. The second kappa shape index (κ2) is 5.42. The summed E-state index contributed by atoms with van der Waals surface area (Å²) in [5.74, 6) is -0.135. The molecule has 3 heterocycles. The Hall–Kier alpha value is -2.83. The molecule has 0 aliphatic carbocycles. The molecule has 0 saturated carbocycles. The van der Waals surface area contributed by atoms with Gasteiger partial charge in [0.1, 0.15) is 24.1 Å². The molecule has 1 atom stereocenters. The molecule has 23 heavy (non-hydrogen) atoms. The monoisotopic (exact) mass is 313 g/mol. The van der Waals surface area contributed by atoms with E-state index < -0.39 is 0 Å². The van der Waals surface area contributed by atoms with E-state index in [1.807, 2.05) is 30.3 Å². The topological polar surface area (TPSA) is 75.9 Å². The summed E-state index contributed by atoms with van der Waals surface area (Å²) in [6.45, 7) is 1.76. The van der Waals surface area contributed by atoms with Crippen LogP contribution in [0.15, 0.2) is 41.1 Å². The van der Waals surface area contributed by atoms with Crippen molar-refractivity contribution in [2.45, 2.75) is 6.04 Å². The molecule has 0 N–H and O–H groups in total. The molecule has 1 aromatic carbocycles. The van der Waals surface area contributed by atoms with Crippen LogP contribution in [0.4, 0.5) is 4.79 Å². The highest BCUT2D eigenvalue weighted by molar-refractivity contribution is 5.99. The molecule has 4 rings (SSSR count). The van der Waals surface area contributed by atoms with Gasteiger partial charge >= 0.3 is 6.09 Å². The standard InChI is InChI=1S/C16H15N3O4/c20-15(18-6-7-19-12(8-18)9-22-16(19)21)13-10-23-17-14(13)11-4-2-1-3-5-11/h1-5,10,12H,6-9H2/t12-/m1/s1. The Kier molecular flexibility index (Phi) is 3.25. The molecule has 7 nitrogen and oxygen atoms in total. The Morgan fingerprint density at radius 3 is 2.87 bits per heavy atom. The summed E-state index contributed by atoms with van der Waals surface area (Å²) >= 11 is 0. The Morgan fingerprint density at radius 2 is 2.04 bits per heavy atom. The number of hydrogen-bond donors (Lipinski definition) is 0. The van der Waals surface area contributed by atoms with Gasteiger partial charge in [0.05, 0.1) is 6.04 Å². The first-order chi connectivity index (χ1) is 11.2. The number of ether oxygens (including phenoxy) is 1. The normalized spacial score (nSPS) is 20.3. The fourth-order valence-corrected chi connectivity index (χ4v) is 3.04. The summed E-state index contributed by atoms with van der Waals surface area (Å²) in [6.07, 6.45) is 1.09. The molecule has 0 spiro atoms. The zero-order valence-corrected chi connectivity index (χ0v) is 12.3. The molecular formula is C16H15N3O4. The van der Waals surface area contributed by atoms with Crippen LogP contribution in [-0.4, -0.2) is 59.2 Å². The number of carbonyl (C=O) groups excluding carboxylic acids is 2. The Bertz CT molecular complexity index is 743. The number of benzene rings is 1. The van der Waals surface area contributed by atoms with Crippen LogP contribution in [0.2, 0.25) is 0 Å². The van der Waals surface area contributed by atoms with Crippen molar-refractivity contribution in [2.75, 3.05) is 26.2 Å². The molecule has 7 heteroatoms. The molecule has 2 fully saturated rings. The summed E-state index contributed by atoms with van der Waals surface area (Å²) in [7, 11) is 0. The molecule has 2 amide bonds. The first-order valence-electron chi connectivity index (χ1n) is 7.46. The Morgan fingerprint density at radius 1 is 1.22 bits per heavy atom. The minimum absolute atomic E-state index is 0.0692. The molecule has 118 valence electrons. The number of rotatable bonds is 2. The van der Waals surface area contributed by atoms with Gasteiger partial charge < -0.3 is 14.2 Å². The van der Waals surface area contributed by atoms with E-state index in [0.717, 1.165) is 5.56 Å². The largest absolute Gasteiger partial charge is 0.447 e. The summed E-state index contributed by atoms with van der Waals surface area (Å²) < 4.78 is 10.1. The fraction of sp³-hybridized carbons (Fsp3) is 0.312. The van der Waals surface area contributed by atoms with Gasteiger partial charge in [-0.3, -0.25) is 9.69 Å². The number of fused-ring (bicyclic) bond motifs is 1. The third kappa shape index (κ3) is 2.34. The van der Waals surface area contributed by atoms with Crippen LogP contribution >= 0.6 is 0 Å². The third-order valence-electron chi connectivity index (χ3n) is 4.25. The second-order valence-electron chi connectivity index (χ2n) is 5.62. The molecule has 2 saturated heterocycles. The summed E-state index contributed by atoms with van der Waals surface area (Å²) in [5.41, 5.74) is 1.81. The summed E-state index contributed by atoms with van der Waals surface area (Å²) in [5, 5.41) is 3.97. The van der Waals surface area contributed by atoms with E-state index in [0.29, 0.717) is 37.5 Å². The van der Waals surface area contributed by atoms with Gasteiger partial charge in [-0.15, -0.1) is 0 Å². The van der Waals surface area contributed by atoms with Crippen LogP contribution < -0.4 is 0 Å². The Labute approximate surface area is 132 Å². The van der Waals surface area contributed by atoms with Gasteiger partial charge in [-0.2, -0.15) is 0 Å². The molecule has 0 bridgehead atoms. The highest BCUT2D eigenvalue weighted by Crippen LogP contribution is 2.25. The lowest BCUT2D eigenvalue weighted by atomic mass is 10.1. The number of hydrogen-bond acceptors (Lipinski definition) is 5. The molecule has 2 aliphatic heterocycles. The van der Waals surface area contributed by atoms with Gasteiger partial charge in [-0.05, 0) is 0 Å². The number of amides is 2. The minimum atomic E-state index is -0.294. The van der Waals surface area contributed by atoms with Crippen molar-refractivity contribution in [3.63, 3.8) is 0 Å². The average Bonchev–Trinajstić information content (AvgIpc) is 3.22. The number of cyclic esters (lactones) is 1. The number of aromatic nitrogens is 1. The summed E-state index contributed by atoms with van der Waals surface area (Å²) in [4.78, 5) is 27.7. The lowest BCUT2D eigenvalue weighted by Gasteiger charge is -2.35. The van der Waals surface area contributed by atoms with Crippen LogP contribution in [-0.2, 0) is 4.74 Å². The highest BCUT2D eigenvalue weighted by Gasteiger charge is 2.39. The lowest BCUT2D eigenvalue weighted by Crippen LogP contribution is -2.53. The second-order valence-corrected chi connectivity index (χ2v) is 5.62. The van der Waals surface area contributed by atoms with Crippen molar-refractivity contribution >= 4 is 12.0 Å². The molecule has 0 unspecified atom stereocenters. The summed E-state index contributed by atoms with van der Waals surface area (Å²) in [6, 6.07) is 9.38. The van der Waals surface area contributed by atoms with Crippen molar-refractivity contribution in [1.82, 2.24) is 15.0 Å². The zero-order chi connectivity index (χ0) is 15.8. The minimum Gasteiger partial charge on any atom is -0.447 e. The highest BCUT2D eigenvalue weighted by atomic mass is 16.6. The van der Waals surface area contributed by atoms with E-state index in [1.165, 1.54) is 6.26 Å². The first-order valence-corrected chi connectivity index (χ1v) is 7.46. The van der Waals surface area contributed by atoms with E-state index in [1.54, 1.807) is 9.80 Å². The van der Waals surface area contributed by atoms with Gasteiger partial charge in [0.15, 0.2) is 0 Å². The van der Waals surface area contributed by atoms with Crippen molar-refractivity contribution in [3.8, 4) is 11.3 Å². The molecule has 1 aromatic heterocycles. The smallest absolute Gasteiger partial charge is 0.410 e. The quantitative estimate of drug-likeness (QED) is 0.842. The Balaban J connectivity index is 1.57. The van der Waals surface area contributed by atoms with Crippen molar-refractivity contribution in [2.24, 2.45) is 0 Å². The van der Waals surface area contributed by atoms with Crippen molar-refractivity contribution in [1.29, 1.82) is 0 Å². The van der Waals surface area contributed by atoms with Crippen molar-refractivity contribution < 1.29 is 18.8 Å². The van der Waals surface area contributed by atoms with Gasteiger partial charge in [-0.25, -0.2) is 4.79 Å². The van der Waals surface area contributed by atoms with Crippen molar-refractivity contribution in [3.05, 3.63) is 42.2 Å². The van der Waals surface area contributed by atoms with E-state index in [-0.39, 0.29) is 18.0 Å². The SMILES string of the molecule is O=C(c1conc1-c1ccccc1)N1CCN2C(=O)OC[C@H]2C1. The third-order valence-corrected chi connectivity index (χ3v) is 4.25. The van der Waals surface area contributed by atoms with Gasteiger partial charge in [0, 0.05) is 25.2 Å². The maximum atomic E-state index is 12.8. The maximum Gasteiger partial charge on any atom is 0.410 e. The van der Waals surface area contributed by atoms with E-state index >= 15 is 0 Å². The molecule has 2 aromatic rings. The maximum absolute atomic E-state index is 12.8. The molecule has 2 aliphatic rings. The fourth-order valence-electron chi connectivity index (χ4n) is 3.04. The number of carbonyl (C=O) groups is 2. The van der Waals surface area contributed by atoms with Gasteiger partial charge in [0.25, 0.3) is 5.91 Å². The predicted octanol–water partition coefficient (Wildman–Crippen LogP) is 1.62. The van der Waals surface area contributed by atoms with Crippen LogP contribution in [0.3, 0.4) is 0 Å². The van der Waals surface area contributed by atoms with E-state index in [9.17, 15) is 9.59 Å².